The molecule has 0 saturated carbocycles. The van der Waals surface area contributed by atoms with E-state index in [0.29, 0.717) is 43.8 Å². The number of piperidine rings is 1. The number of esters is 1. The molecule has 3 rings (SSSR count). The summed E-state index contributed by atoms with van der Waals surface area (Å²) < 4.78 is 32.1. The molecule has 31 heavy (non-hydrogen) atoms. The molecule has 9 heteroatoms. The van der Waals surface area contributed by atoms with Crippen molar-refractivity contribution in [3.63, 3.8) is 0 Å². The van der Waals surface area contributed by atoms with E-state index in [4.69, 9.17) is 4.74 Å². The van der Waals surface area contributed by atoms with Gasteiger partial charge in [-0.15, -0.1) is 11.8 Å². The minimum Gasteiger partial charge on any atom is -0.462 e. The number of anilines is 1. The van der Waals surface area contributed by atoms with Crippen molar-refractivity contribution in [1.82, 2.24) is 4.31 Å². The molecule has 1 heterocycles. The van der Waals surface area contributed by atoms with Crippen LogP contribution in [0.15, 0.2) is 58.3 Å². The largest absolute Gasteiger partial charge is 0.462 e. The molecule has 2 aromatic carbocycles. The third kappa shape index (κ3) is 5.66. The van der Waals surface area contributed by atoms with Gasteiger partial charge in [-0.2, -0.15) is 4.31 Å². The van der Waals surface area contributed by atoms with Gasteiger partial charge in [-0.3, -0.25) is 4.79 Å². The van der Waals surface area contributed by atoms with Crippen LogP contribution in [0.1, 0.15) is 30.1 Å². The molecule has 1 N–H and O–H groups in total. The van der Waals surface area contributed by atoms with Crippen LogP contribution < -0.4 is 5.32 Å². The average Bonchev–Trinajstić information content (AvgIpc) is 2.79. The van der Waals surface area contributed by atoms with Gasteiger partial charge in [-0.05, 0) is 74.6 Å². The van der Waals surface area contributed by atoms with Gasteiger partial charge < -0.3 is 10.1 Å². The van der Waals surface area contributed by atoms with E-state index in [1.165, 1.54) is 4.31 Å². The quantitative estimate of drug-likeness (QED) is 0.499. The molecule has 0 aromatic heterocycles. The molecule has 1 amide bonds. The van der Waals surface area contributed by atoms with E-state index in [-0.39, 0.29) is 16.7 Å². The highest BCUT2D eigenvalue weighted by Gasteiger charge is 2.32. The number of benzene rings is 2. The van der Waals surface area contributed by atoms with Crippen molar-refractivity contribution in [2.45, 2.75) is 29.6 Å². The molecule has 0 aliphatic carbocycles. The first kappa shape index (κ1) is 23.3. The molecule has 1 aliphatic heterocycles. The van der Waals surface area contributed by atoms with Crippen LogP contribution in [0.5, 0.6) is 0 Å². The summed E-state index contributed by atoms with van der Waals surface area (Å²) in [7, 11) is -3.56. The summed E-state index contributed by atoms with van der Waals surface area (Å²) in [6.07, 6.45) is 2.85. The monoisotopic (exact) mass is 462 g/mol. The number of ether oxygens (including phenoxy) is 1. The molecule has 1 saturated heterocycles. The summed E-state index contributed by atoms with van der Waals surface area (Å²) in [5.74, 6) is -0.822. The Labute approximate surface area is 187 Å². The van der Waals surface area contributed by atoms with Crippen LogP contribution in [0.2, 0.25) is 0 Å². The molecule has 0 spiro atoms. The molecule has 7 nitrogen and oxygen atoms in total. The molecule has 0 radical (unpaired) electrons. The third-order valence-electron chi connectivity index (χ3n) is 5.19. The van der Waals surface area contributed by atoms with Crippen LogP contribution in [-0.2, 0) is 19.6 Å². The van der Waals surface area contributed by atoms with E-state index in [1.807, 2.05) is 6.26 Å². The fourth-order valence-corrected chi connectivity index (χ4v) is 5.28. The lowest BCUT2D eigenvalue weighted by Gasteiger charge is -2.30. The van der Waals surface area contributed by atoms with Crippen LogP contribution in [0.3, 0.4) is 0 Å². The van der Waals surface area contributed by atoms with Crippen molar-refractivity contribution >= 4 is 39.3 Å². The van der Waals surface area contributed by atoms with Gasteiger partial charge in [0.15, 0.2) is 0 Å². The Morgan fingerprint density at radius 3 is 2.23 bits per heavy atom. The molecule has 0 unspecified atom stereocenters. The van der Waals surface area contributed by atoms with Gasteiger partial charge >= 0.3 is 5.97 Å². The summed E-state index contributed by atoms with van der Waals surface area (Å²) in [6, 6.07) is 13.4. The lowest BCUT2D eigenvalue weighted by atomic mass is 9.97. The first-order valence-corrected chi connectivity index (χ1v) is 12.7. The minimum atomic E-state index is -3.56. The van der Waals surface area contributed by atoms with Crippen LogP contribution >= 0.6 is 11.8 Å². The third-order valence-corrected chi connectivity index (χ3v) is 7.84. The van der Waals surface area contributed by atoms with E-state index < -0.39 is 16.0 Å². The van der Waals surface area contributed by atoms with E-state index in [0.717, 1.165) is 4.90 Å². The second kappa shape index (κ2) is 10.3. The number of carbonyl (C=O) groups excluding carboxylic acids is 2. The van der Waals surface area contributed by atoms with Gasteiger partial charge in [0.25, 0.3) is 0 Å². The number of thioether (sulfide) groups is 1. The fourth-order valence-electron chi connectivity index (χ4n) is 3.40. The number of hydrogen-bond donors (Lipinski definition) is 1. The molecular formula is C22H26N2O5S2. The number of rotatable bonds is 7. The van der Waals surface area contributed by atoms with Crippen molar-refractivity contribution in [2.24, 2.45) is 5.92 Å². The van der Waals surface area contributed by atoms with Gasteiger partial charge in [0.1, 0.15) is 0 Å². The number of carbonyl (C=O) groups is 2. The highest BCUT2D eigenvalue weighted by atomic mass is 32.2. The minimum absolute atomic E-state index is 0.148. The van der Waals surface area contributed by atoms with Crippen molar-refractivity contribution in [3.05, 3.63) is 54.1 Å². The summed E-state index contributed by atoms with van der Waals surface area (Å²) in [5.41, 5.74) is 1.01. The molecule has 0 bridgehead atoms. The lowest BCUT2D eigenvalue weighted by molar-refractivity contribution is -0.120. The zero-order valence-corrected chi connectivity index (χ0v) is 19.2. The first-order chi connectivity index (χ1) is 14.8. The molecule has 0 atom stereocenters. The Kier molecular flexibility index (Phi) is 7.74. The van der Waals surface area contributed by atoms with Crippen LogP contribution in [0, 0.1) is 5.92 Å². The van der Waals surface area contributed by atoms with Gasteiger partial charge in [-0.25, -0.2) is 13.2 Å². The first-order valence-electron chi connectivity index (χ1n) is 10.1. The maximum atomic E-state index is 12.9. The fraction of sp³-hybridized carbons (Fsp3) is 0.364. The van der Waals surface area contributed by atoms with E-state index >= 15 is 0 Å². The summed E-state index contributed by atoms with van der Waals surface area (Å²) >= 11 is 1.56. The maximum Gasteiger partial charge on any atom is 0.338 e. The number of nitrogens with one attached hydrogen (secondary N) is 1. The van der Waals surface area contributed by atoms with Gasteiger partial charge in [-0.1, -0.05) is 0 Å². The van der Waals surface area contributed by atoms with E-state index in [1.54, 1.807) is 67.2 Å². The molecule has 2 aromatic rings. The second-order valence-electron chi connectivity index (χ2n) is 7.14. The highest BCUT2D eigenvalue weighted by molar-refractivity contribution is 7.98. The Balaban J connectivity index is 1.56. The predicted octanol–water partition coefficient (Wildman–Crippen LogP) is 3.62. The normalized spacial score (nSPS) is 15.4. The van der Waals surface area contributed by atoms with Gasteiger partial charge in [0.2, 0.25) is 15.9 Å². The van der Waals surface area contributed by atoms with E-state index in [2.05, 4.69) is 5.32 Å². The molecule has 1 fully saturated rings. The maximum absolute atomic E-state index is 12.9. The van der Waals surface area contributed by atoms with Crippen molar-refractivity contribution in [1.29, 1.82) is 0 Å². The Bertz CT molecular complexity index is 1010. The van der Waals surface area contributed by atoms with Gasteiger partial charge in [0.05, 0.1) is 17.1 Å². The Hall–Kier alpha value is -2.36. The SMILES string of the molecule is CCOC(=O)c1ccc(NC(=O)C2CCN(S(=O)(=O)c3ccc(SC)cc3)CC2)cc1. The topological polar surface area (TPSA) is 92.8 Å². The summed E-state index contributed by atoms with van der Waals surface area (Å²) in [5, 5.41) is 2.85. The second-order valence-corrected chi connectivity index (χ2v) is 9.96. The average molecular weight is 463 g/mol. The highest BCUT2D eigenvalue weighted by Crippen LogP contribution is 2.26. The van der Waals surface area contributed by atoms with Crippen LogP contribution in [0.25, 0.3) is 0 Å². The van der Waals surface area contributed by atoms with Crippen molar-refractivity contribution in [2.75, 3.05) is 31.3 Å². The van der Waals surface area contributed by atoms with Crippen LogP contribution in [-0.4, -0.2) is 50.6 Å². The molecular weight excluding hydrogens is 436 g/mol. The van der Waals surface area contributed by atoms with Crippen molar-refractivity contribution < 1.29 is 22.7 Å². The molecule has 1 aliphatic rings. The molecule has 166 valence electrons. The van der Waals surface area contributed by atoms with Gasteiger partial charge in [0, 0.05) is 29.6 Å². The van der Waals surface area contributed by atoms with Crippen LogP contribution in [0.4, 0.5) is 5.69 Å². The smallest absolute Gasteiger partial charge is 0.338 e. The van der Waals surface area contributed by atoms with E-state index in [9.17, 15) is 18.0 Å². The number of nitrogens with zero attached hydrogens (tertiary/aromatic N) is 1. The Morgan fingerprint density at radius 1 is 1.06 bits per heavy atom. The van der Waals surface area contributed by atoms with Crippen molar-refractivity contribution in [3.8, 4) is 0 Å². The summed E-state index contributed by atoms with van der Waals surface area (Å²) in [4.78, 5) is 25.6. The standard InChI is InChI=1S/C22H26N2O5S2/c1-3-29-22(26)17-4-6-18(7-5-17)23-21(25)16-12-14-24(15-13-16)31(27,28)20-10-8-19(30-2)9-11-20/h4-11,16H,3,12-15H2,1-2H3,(H,23,25). The zero-order valence-electron chi connectivity index (χ0n) is 17.5. The number of sulfonamides is 1. The Morgan fingerprint density at radius 2 is 1.68 bits per heavy atom. The number of amides is 1. The predicted molar refractivity (Wildman–Crippen MR) is 121 cm³/mol. The summed E-state index contributed by atoms with van der Waals surface area (Å²) in [6.45, 7) is 2.64. The number of hydrogen-bond acceptors (Lipinski definition) is 6. The lowest BCUT2D eigenvalue weighted by Crippen LogP contribution is -2.41. The zero-order chi connectivity index (χ0) is 22.4.